The Hall–Kier alpha value is -1.29. The van der Waals surface area contributed by atoms with E-state index in [1.807, 2.05) is 51.4 Å². The number of carbonyl (C=O) groups is 1. The van der Waals surface area contributed by atoms with E-state index in [4.69, 9.17) is 0 Å². The fraction of sp³-hybridized carbons (Fsp3) is 0.364. The Morgan fingerprint density at radius 2 is 1.87 bits per heavy atom. The van der Waals surface area contributed by atoms with Gasteiger partial charge in [-0.3, -0.25) is 9.80 Å². The van der Waals surface area contributed by atoms with Gasteiger partial charge in [0, 0.05) is 20.6 Å². The molecule has 0 aliphatic rings. The summed E-state index contributed by atoms with van der Waals surface area (Å²) in [6, 6.07) is 9.62. The lowest BCUT2D eigenvalue weighted by molar-refractivity contribution is 0.0833. The Kier molecular flexibility index (Phi) is 4.37. The van der Waals surface area contributed by atoms with E-state index in [-0.39, 0.29) is 5.81 Å². The molecule has 0 aliphatic carbocycles. The molecule has 0 aliphatic heterocycles. The van der Waals surface area contributed by atoms with E-state index in [1.165, 1.54) is 0 Å². The van der Waals surface area contributed by atoms with Gasteiger partial charge in [0.05, 0.1) is 0 Å². The molecule has 0 unspecified atom stereocenters. The van der Waals surface area contributed by atoms with Gasteiger partial charge in [0.1, 0.15) is 0 Å². The predicted octanol–water partition coefficient (Wildman–Crippen LogP) is 0.935. The first-order valence-electron chi connectivity index (χ1n) is 5.03. The van der Waals surface area contributed by atoms with Crippen LogP contribution >= 0.6 is 0 Å². The molecule has 1 rings (SSSR count). The van der Waals surface area contributed by atoms with E-state index in [2.05, 4.69) is 0 Å². The second-order valence-electron chi connectivity index (χ2n) is 3.46. The molecule has 0 saturated carbocycles. The topological polar surface area (TPSA) is 23.6 Å². The van der Waals surface area contributed by atoms with E-state index in [0.717, 1.165) is 5.46 Å². The fourth-order valence-corrected chi connectivity index (χ4v) is 1.40. The van der Waals surface area contributed by atoms with Gasteiger partial charge in [0.15, 0.2) is 5.81 Å². The molecule has 0 spiro atoms. The summed E-state index contributed by atoms with van der Waals surface area (Å²) in [6.07, 6.45) is 0. The molecule has 0 atom stereocenters. The summed E-state index contributed by atoms with van der Waals surface area (Å²) in [6.45, 7) is 2.63. The van der Waals surface area contributed by atoms with Crippen molar-refractivity contribution < 1.29 is 4.79 Å². The molecule has 0 bridgehead atoms. The zero-order chi connectivity index (χ0) is 11.3. The highest BCUT2D eigenvalue weighted by Gasteiger charge is 2.14. The largest absolute Gasteiger partial charge is 0.286 e. The summed E-state index contributed by atoms with van der Waals surface area (Å²) in [7, 11) is 5.37. The monoisotopic (exact) mass is 203 g/mol. The maximum absolute atomic E-state index is 11.8. The zero-order valence-electron chi connectivity index (χ0n) is 9.47. The van der Waals surface area contributed by atoms with E-state index in [1.54, 1.807) is 17.3 Å². The molecule has 3 nitrogen and oxygen atoms in total. The van der Waals surface area contributed by atoms with Gasteiger partial charge in [-0.2, -0.15) is 0 Å². The molecule has 0 N–H and O–H groups in total. The second-order valence-corrected chi connectivity index (χ2v) is 3.46. The van der Waals surface area contributed by atoms with Crippen molar-refractivity contribution >= 4 is 18.5 Å². The molecule has 1 aromatic carbocycles. The third-order valence-electron chi connectivity index (χ3n) is 2.13. The van der Waals surface area contributed by atoms with Crippen molar-refractivity contribution in [3.63, 3.8) is 0 Å². The third kappa shape index (κ3) is 3.40. The first kappa shape index (κ1) is 11.8. The van der Waals surface area contributed by atoms with Gasteiger partial charge in [0.25, 0.3) is 7.28 Å². The molecule has 1 aromatic rings. The quantitative estimate of drug-likeness (QED) is 0.537. The van der Waals surface area contributed by atoms with Crippen LogP contribution < -0.4 is 5.46 Å². The number of nitrogens with zero attached hydrogens (tertiary/aromatic N) is 2. The number of benzene rings is 1. The minimum atomic E-state index is 0.00806. The Balaban J connectivity index is 2.62. The van der Waals surface area contributed by atoms with Crippen molar-refractivity contribution in [3.8, 4) is 0 Å². The van der Waals surface area contributed by atoms with Crippen molar-refractivity contribution in [2.45, 2.75) is 6.92 Å². The fourth-order valence-electron chi connectivity index (χ4n) is 1.40. The van der Waals surface area contributed by atoms with E-state index in [9.17, 15) is 4.79 Å². The minimum Gasteiger partial charge on any atom is -0.286 e. The number of rotatable bonds is 4. The van der Waals surface area contributed by atoms with Crippen LogP contribution in [0.5, 0.6) is 0 Å². The predicted molar refractivity (Wildman–Crippen MR) is 63.3 cm³/mol. The van der Waals surface area contributed by atoms with Crippen LogP contribution in [0.3, 0.4) is 0 Å². The molecule has 0 aromatic heterocycles. The molecule has 1 radical (unpaired) electrons. The smallest absolute Gasteiger partial charge is 0.273 e. The first-order chi connectivity index (χ1) is 7.15. The van der Waals surface area contributed by atoms with Crippen LogP contribution in [0.4, 0.5) is 4.79 Å². The lowest BCUT2D eigenvalue weighted by Gasteiger charge is -2.27. The van der Waals surface area contributed by atoms with Crippen LogP contribution in [0.25, 0.3) is 0 Å². The van der Waals surface area contributed by atoms with E-state index < -0.39 is 0 Å². The zero-order valence-corrected chi connectivity index (χ0v) is 9.47. The third-order valence-corrected chi connectivity index (χ3v) is 2.13. The number of hydrogen-bond donors (Lipinski definition) is 0. The summed E-state index contributed by atoms with van der Waals surface area (Å²) in [5.41, 5.74) is 0.933. The molecule has 0 saturated heterocycles. The standard InChI is InChI=1S/C11H16BN2O/c1-4-14(13(2)3)11(15)12-10-8-6-5-7-9-10/h5-9H,4H2,1-3H3. The molecule has 4 heteroatoms. The van der Waals surface area contributed by atoms with Crippen LogP contribution in [0, 0.1) is 0 Å². The van der Waals surface area contributed by atoms with Gasteiger partial charge in [-0.1, -0.05) is 35.8 Å². The highest BCUT2D eigenvalue weighted by atomic mass is 16.2. The first-order valence-corrected chi connectivity index (χ1v) is 5.03. The minimum absolute atomic E-state index is 0.00806. The Labute approximate surface area is 91.9 Å². The molecule has 0 heterocycles. The van der Waals surface area contributed by atoms with Gasteiger partial charge in [-0.05, 0) is 6.92 Å². The second kappa shape index (κ2) is 5.56. The van der Waals surface area contributed by atoms with E-state index in [0.29, 0.717) is 6.54 Å². The van der Waals surface area contributed by atoms with Crippen molar-refractivity contribution in [2.24, 2.45) is 0 Å². The van der Waals surface area contributed by atoms with Crippen molar-refractivity contribution in [2.75, 3.05) is 20.6 Å². The lowest BCUT2D eigenvalue weighted by Crippen LogP contribution is -2.45. The van der Waals surface area contributed by atoms with Crippen LogP contribution in [-0.2, 0) is 0 Å². The number of carbonyl (C=O) groups excluding carboxylic acids is 1. The van der Waals surface area contributed by atoms with Crippen molar-refractivity contribution in [1.82, 2.24) is 10.0 Å². The van der Waals surface area contributed by atoms with Crippen LogP contribution in [0.15, 0.2) is 30.3 Å². The highest BCUT2D eigenvalue weighted by molar-refractivity contribution is 6.83. The summed E-state index contributed by atoms with van der Waals surface area (Å²) in [5.74, 6) is 0.00806. The summed E-state index contributed by atoms with van der Waals surface area (Å²) < 4.78 is 0. The maximum Gasteiger partial charge on any atom is 0.273 e. The van der Waals surface area contributed by atoms with Gasteiger partial charge >= 0.3 is 0 Å². The normalized spacial score (nSPS) is 10.1. The molecular weight excluding hydrogens is 187 g/mol. The maximum atomic E-state index is 11.8. The van der Waals surface area contributed by atoms with Crippen LogP contribution in [0.2, 0.25) is 0 Å². The summed E-state index contributed by atoms with van der Waals surface area (Å²) >= 11 is 0. The van der Waals surface area contributed by atoms with Crippen molar-refractivity contribution in [1.29, 1.82) is 0 Å². The van der Waals surface area contributed by atoms with Gasteiger partial charge < -0.3 is 0 Å². The number of amides is 1. The Morgan fingerprint density at radius 1 is 1.27 bits per heavy atom. The highest BCUT2D eigenvalue weighted by Crippen LogP contribution is 1.93. The molecule has 79 valence electrons. The SMILES string of the molecule is CCN(C(=O)[B]c1ccccc1)N(C)C. The Morgan fingerprint density at radius 3 is 2.33 bits per heavy atom. The van der Waals surface area contributed by atoms with Crippen LogP contribution in [0.1, 0.15) is 6.92 Å². The number of hydrazine groups is 1. The summed E-state index contributed by atoms with van der Waals surface area (Å²) in [5, 5.41) is 3.47. The van der Waals surface area contributed by atoms with Gasteiger partial charge in [-0.15, -0.1) is 0 Å². The number of hydrogen-bond acceptors (Lipinski definition) is 2. The molecular formula is C11H16BN2O. The molecule has 0 fully saturated rings. The lowest BCUT2D eigenvalue weighted by atomic mass is 9.69. The average Bonchev–Trinajstić information content (AvgIpc) is 2.19. The molecule has 1 amide bonds. The van der Waals surface area contributed by atoms with Crippen LogP contribution in [-0.4, -0.2) is 43.7 Å². The summed E-state index contributed by atoms with van der Waals surface area (Å²) in [4.78, 5) is 11.8. The van der Waals surface area contributed by atoms with Crippen molar-refractivity contribution in [3.05, 3.63) is 30.3 Å². The van der Waals surface area contributed by atoms with Gasteiger partial charge in [0.2, 0.25) is 0 Å². The Bertz CT molecular complexity index is 314. The average molecular weight is 203 g/mol. The van der Waals surface area contributed by atoms with E-state index >= 15 is 0 Å². The molecule has 15 heavy (non-hydrogen) atoms. The van der Waals surface area contributed by atoms with Gasteiger partial charge in [-0.25, -0.2) is 5.01 Å².